The third-order valence-electron chi connectivity index (χ3n) is 6.81. The van der Waals surface area contributed by atoms with Gasteiger partial charge in [0.15, 0.2) is 0 Å². The van der Waals surface area contributed by atoms with E-state index in [0.29, 0.717) is 5.54 Å². The van der Waals surface area contributed by atoms with E-state index in [-0.39, 0.29) is 0 Å². The molecule has 0 radical (unpaired) electrons. The molecular formula is C26H27NSi. The molecule has 1 aliphatic rings. The minimum Gasteiger partial charge on any atom is -0.361 e. The summed E-state index contributed by atoms with van der Waals surface area (Å²) in [6.07, 6.45) is 4.44. The van der Waals surface area contributed by atoms with Crippen molar-refractivity contribution in [1.29, 1.82) is 0 Å². The van der Waals surface area contributed by atoms with Gasteiger partial charge in [-0.05, 0) is 65.6 Å². The number of aromatic nitrogens is 1. The number of aromatic amines is 1. The zero-order valence-electron chi connectivity index (χ0n) is 17.4. The second-order valence-electron chi connectivity index (χ2n) is 8.97. The van der Waals surface area contributed by atoms with E-state index in [0.717, 1.165) is 0 Å². The zero-order valence-corrected chi connectivity index (χ0v) is 18.4. The Balaban J connectivity index is 1.79. The predicted octanol–water partition coefficient (Wildman–Crippen LogP) is 6.59. The van der Waals surface area contributed by atoms with E-state index in [1.807, 2.05) is 6.20 Å². The normalized spacial score (nSPS) is 16.6. The standard InChI is InChI=1S/C26H27NSi/c1-16-13-19-9-6-7-10-21(19)25(16)28(4,5)26-17(2)14-22-18(3)20-11-8-12-27-24(20)15-23(22)26/h6-15,25,27H,1-5H3. The molecular weight excluding hydrogens is 354 g/mol. The average Bonchev–Trinajstić information content (AvgIpc) is 3.18. The summed E-state index contributed by atoms with van der Waals surface area (Å²) in [4.78, 5) is 3.47. The molecule has 5 rings (SSSR count). The van der Waals surface area contributed by atoms with Crippen LogP contribution in [-0.2, 0) is 0 Å². The lowest BCUT2D eigenvalue weighted by Crippen LogP contribution is -2.48. The van der Waals surface area contributed by atoms with Crippen LogP contribution in [0.15, 0.2) is 60.3 Å². The molecule has 2 heteroatoms. The quantitative estimate of drug-likeness (QED) is 0.377. The number of hydrogen-bond acceptors (Lipinski definition) is 0. The number of rotatable bonds is 2. The van der Waals surface area contributed by atoms with Gasteiger partial charge in [-0.1, -0.05) is 66.7 Å². The van der Waals surface area contributed by atoms with Crippen molar-refractivity contribution in [2.75, 3.05) is 0 Å². The molecule has 0 bridgehead atoms. The Hall–Kier alpha value is -2.58. The summed E-state index contributed by atoms with van der Waals surface area (Å²) in [6.45, 7) is 12.0. The summed E-state index contributed by atoms with van der Waals surface area (Å²) in [5.74, 6) is 0. The van der Waals surface area contributed by atoms with Gasteiger partial charge in [0, 0.05) is 22.6 Å². The maximum atomic E-state index is 3.47. The zero-order chi connectivity index (χ0) is 19.6. The summed E-state index contributed by atoms with van der Waals surface area (Å²) in [6, 6.07) is 18.1. The Kier molecular flexibility index (Phi) is 3.72. The van der Waals surface area contributed by atoms with Crippen LogP contribution in [0.1, 0.15) is 34.7 Å². The van der Waals surface area contributed by atoms with Crippen LogP contribution < -0.4 is 5.19 Å². The molecule has 140 valence electrons. The van der Waals surface area contributed by atoms with Crippen molar-refractivity contribution < 1.29 is 0 Å². The fraction of sp³-hybridized carbons (Fsp3) is 0.231. The maximum Gasteiger partial charge on any atom is 0.0934 e. The Morgan fingerprint density at radius 1 is 0.857 bits per heavy atom. The first-order valence-corrected chi connectivity index (χ1v) is 13.2. The number of benzene rings is 2. The molecule has 0 saturated carbocycles. The van der Waals surface area contributed by atoms with Crippen molar-refractivity contribution in [3.8, 4) is 0 Å². The SMILES string of the molecule is CC1=Cc2ccccc2C1[Si](C)(C)c1c(C)cc2c(C)c3ccc[nH]c3cc12. The molecule has 28 heavy (non-hydrogen) atoms. The monoisotopic (exact) mass is 381 g/mol. The fourth-order valence-corrected chi connectivity index (χ4v) is 10.3. The van der Waals surface area contributed by atoms with Crippen molar-refractivity contribution in [3.05, 3.63) is 82.6 Å². The summed E-state index contributed by atoms with van der Waals surface area (Å²) < 4.78 is 0. The highest BCUT2D eigenvalue weighted by molar-refractivity contribution is 6.93. The van der Waals surface area contributed by atoms with Crippen molar-refractivity contribution in [1.82, 2.24) is 4.98 Å². The van der Waals surface area contributed by atoms with E-state index >= 15 is 0 Å². The molecule has 1 aliphatic carbocycles. The van der Waals surface area contributed by atoms with Crippen LogP contribution in [0.2, 0.25) is 13.1 Å². The summed E-state index contributed by atoms with van der Waals surface area (Å²) >= 11 is 0. The lowest BCUT2D eigenvalue weighted by molar-refractivity contribution is 1.08. The van der Waals surface area contributed by atoms with Crippen LogP contribution in [0.5, 0.6) is 0 Å². The van der Waals surface area contributed by atoms with Gasteiger partial charge in [-0.25, -0.2) is 0 Å². The molecule has 4 aromatic rings. The molecule has 0 aliphatic heterocycles. The van der Waals surface area contributed by atoms with Crippen LogP contribution in [0.3, 0.4) is 0 Å². The summed E-state index contributed by atoms with van der Waals surface area (Å²) in [7, 11) is -1.81. The number of allylic oxidation sites excluding steroid dienone is 1. The Morgan fingerprint density at radius 3 is 2.46 bits per heavy atom. The number of hydrogen-bond donors (Lipinski definition) is 1. The van der Waals surface area contributed by atoms with Gasteiger partial charge in [-0.2, -0.15) is 0 Å². The smallest absolute Gasteiger partial charge is 0.0934 e. The highest BCUT2D eigenvalue weighted by Crippen LogP contribution is 2.43. The molecule has 0 spiro atoms. The topological polar surface area (TPSA) is 15.8 Å². The third kappa shape index (κ3) is 2.31. The minimum atomic E-state index is -1.81. The number of aryl methyl sites for hydroxylation is 2. The third-order valence-corrected chi connectivity index (χ3v) is 11.0. The van der Waals surface area contributed by atoms with Crippen molar-refractivity contribution in [2.24, 2.45) is 0 Å². The number of nitrogens with one attached hydrogen (secondary N) is 1. The Bertz CT molecular complexity index is 1270. The van der Waals surface area contributed by atoms with Crippen molar-refractivity contribution >= 4 is 41.0 Å². The molecule has 3 aromatic carbocycles. The average molecular weight is 382 g/mol. The highest BCUT2D eigenvalue weighted by atomic mass is 28.3. The Morgan fingerprint density at radius 2 is 1.64 bits per heavy atom. The van der Waals surface area contributed by atoms with Gasteiger partial charge < -0.3 is 4.98 Å². The van der Waals surface area contributed by atoms with Crippen molar-refractivity contribution in [2.45, 2.75) is 39.4 Å². The molecule has 1 N–H and O–H groups in total. The number of fused-ring (bicyclic) bond motifs is 3. The molecule has 1 atom stereocenters. The molecule has 1 heterocycles. The molecule has 0 saturated heterocycles. The maximum absolute atomic E-state index is 3.47. The van der Waals surface area contributed by atoms with Crippen LogP contribution >= 0.6 is 0 Å². The van der Waals surface area contributed by atoms with E-state index in [1.165, 1.54) is 49.5 Å². The van der Waals surface area contributed by atoms with Gasteiger partial charge in [0.25, 0.3) is 0 Å². The lowest BCUT2D eigenvalue weighted by Gasteiger charge is -2.33. The first-order chi connectivity index (χ1) is 13.4. The van der Waals surface area contributed by atoms with Gasteiger partial charge in [0.1, 0.15) is 0 Å². The second-order valence-corrected chi connectivity index (χ2v) is 13.5. The highest BCUT2D eigenvalue weighted by Gasteiger charge is 2.41. The van der Waals surface area contributed by atoms with Crippen LogP contribution in [0.4, 0.5) is 0 Å². The van der Waals surface area contributed by atoms with Crippen molar-refractivity contribution in [3.63, 3.8) is 0 Å². The molecule has 1 aromatic heterocycles. The first kappa shape index (κ1) is 17.5. The molecule has 1 unspecified atom stereocenters. The second kappa shape index (κ2) is 5.96. The van der Waals surface area contributed by atoms with E-state index in [1.54, 1.807) is 5.19 Å². The largest absolute Gasteiger partial charge is 0.361 e. The van der Waals surface area contributed by atoms with Crippen LogP contribution in [0, 0.1) is 13.8 Å². The van der Waals surface area contributed by atoms with Gasteiger partial charge >= 0.3 is 0 Å². The van der Waals surface area contributed by atoms with E-state index in [9.17, 15) is 0 Å². The minimum absolute atomic E-state index is 0.545. The number of pyridine rings is 1. The van der Waals surface area contributed by atoms with Gasteiger partial charge in [-0.3, -0.25) is 0 Å². The lowest BCUT2D eigenvalue weighted by atomic mass is 10.0. The summed E-state index contributed by atoms with van der Waals surface area (Å²) in [5, 5.41) is 5.83. The predicted molar refractivity (Wildman–Crippen MR) is 125 cm³/mol. The van der Waals surface area contributed by atoms with E-state index in [2.05, 4.69) is 93.5 Å². The van der Waals surface area contributed by atoms with Crippen LogP contribution in [0.25, 0.3) is 27.8 Å². The van der Waals surface area contributed by atoms with E-state index in [4.69, 9.17) is 0 Å². The van der Waals surface area contributed by atoms with E-state index < -0.39 is 8.07 Å². The van der Waals surface area contributed by atoms with Gasteiger partial charge in [0.2, 0.25) is 0 Å². The molecule has 0 amide bonds. The number of H-pyrrole nitrogens is 1. The van der Waals surface area contributed by atoms with Gasteiger partial charge in [-0.15, -0.1) is 0 Å². The first-order valence-electron chi connectivity index (χ1n) is 10.2. The fourth-order valence-electron chi connectivity index (χ4n) is 5.80. The van der Waals surface area contributed by atoms with Crippen LogP contribution in [-0.4, -0.2) is 13.1 Å². The van der Waals surface area contributed by atoms with Gasteiger partial charge in [0.05, 0.1) is 8.07 Å². The molecule has 0 fully saturated rings. The Labute approximate surface area is 168 Å². The summed E-state index contributed by atoms with van der Waals surface area (Å²) in [5.41, 5.74) is 9.09. The molecule has 1 nitrogen and oxygen atoms in total.